The lowest BCUT2D eigenvalue weighted by molar-refractivity contribution is -0.436. The lowest BCUT2D eigenvalue weighted by Crippen LogP contribution is -2.71. The van der Waals surface area contributed by atoms with Gasteiger partial charge in [-0.2, -0.15) is 62.2 Å². The van der Waals surface area contributed by atoms with Crippen molar-refractivity contribution in [2.24, 2.45) is 5.10 Å². The maximum atomic E-state index is 13.6. The van der Waals surface area contributed by atoms with Gasteiger partial charge in [0.2, 0.25) is 0 Å². The van der Waals surface area contributed by atoms with Crippen molar-refractivity contribution >= 4 is 35.3 Å². The Hall–Kier alpha value is -1.97. The number of hydrazone groups is 1. The molecule has 182 valence electrons. The largest absolute Gasteiger partial charge is 0.460 e. The van der Waals surface area contributed by atoms with Gasteiger partial charge < -0.3 is 0 Å². The van der Waals surface area contributed by atoms with Gasteiger partial charge in [0.05, 0.1) is 16.3 Å². The van der Waals surface area contributed by atoms with Crippen LogP contribution in [0.1, 0.15) is 5.56 Å². The maximum Gasteiger partial charge on any atom is 0.460 e. The molecule has 18 heteroatoms. The molecule has 0 aliphatic carbocycles. The summed E-state index contributed by atoms with van der Waals surface area (Å²) < 4.78 is 168. The van der Waals surface area contributed by atoms with Crippen LogP contribution in [0.25, 0.3) is 0 Å². The predicted octanol–water partition coefficient (Wildman–Crippen LogP) is 6.18. The summed E-state index contributed by atoms with van der Waals surface area (Å²) in [6.07, 6.45) is -7.23. The number of hydrogen-bond acceptors (Lipinski definition) is 2. The van der Waals surface area contributed by atoms with Crippen LogP contribution in [0.15, 0.2) is 23.3 Å². The normalized spacial score (nSPS) is 14.7. The van der Waals surface area contributed by atoms with Gasteiger partial charge >= 0.3 is 41.7 Å². The van der Waals surface area contributed by atoms with Gasteiger partial charge in [0, 0.05) is 5.56 Å². The fraction of sp³-hybridized carbons (Fsp3) is 0.429. The first-order valence-corrected chi connectivity index (χ1v) is 8.06. The van der Waals surface area contributed by atoms with E-state index in [2.05, 4.69) is 5.10 Å². The molecule has 0 bridgehead atoms. The Kier molecular flexibility index (Phi) is 7.39. The summed E-state index contributed by atoms with van der Waals surface area (Å²) in [5.41, 5.74) is 0.180. The molecule has 32 heavy (non-hydrogen) atoms. The standard InChI is InChI=1S/C14H5Cl2F13N2O/c15-6-2-1-3-7(16)5(6)4-30-31-8(32)9(17,18)10(19,20)11(21,22)12(23,24)13(25,26)14(27,28)29/h1-4H,(H,31,32)/b30-4-. The Morgan fingerprint density at radius 2 is 1.16 bits per heavy atom. The van der Waals surface area contributed by atoms with E-state index in [1.807, 2.05) is 0 Å². The average Bonchev–Trinajstić information content (AvgIpc) is 2.62. The van der Waals surface area contributed by atoms with Crippen molar-refractivity contribution in [3.63, 3.8) is 0 Å². The van der Waals surface area contributed by atoms with Gasteiger partial charge in [-0.3, -0.25) is 4.79 Å². The Morgan fingerprint density at radius 1 is 0.750 bits per heavy atom. The molecule has 0 aliphatic heterocycles. The number of alkyl halides is 13. The molecule has 0 saturated heterocycles. The third-order valence-electron chi connectivity index (χ3n) is 3.58. The van der Waals surface area contributed by atoms with Gasteiger partial charge in [0.1, 0.15) is 0 Å². The lowest BCUT2D eigenvalue weighted by Gasteiger charge is -2.38. The molecule has 1 aromatic carbocycles. The van der Waals surface area contributed by atoms with Gasteiger partial charge in [0.25, 0.3) is 0 Å². The van der Waals surface area contributed by atoms with Crippen molar-refractivity contribution in [3.8, 4) is 0 Å². The van der Waals surface area contributed by atoms with E-state index in [9.17, 15) is 61.9 Å². The van der Waals surface area contributed by atoms with Gasteiger partial charge in [-0.1, -0.05) is 29.3 Å². The van der Waals surface area contributed by atoms with E-state index in [-0.39, 0.29) is 15.6 Å². The lowest BCUT2D eigenvalue weighted by atomic mass is 9.93. The molecule has 0 radical (unpaired) electrons. The number of nitrogens with one attached hydrogen (secondary N) is 1. The molecule has 0 saturated carbocycles. The fourth-order valence-corrected chi connectivity index (χ4v) is 2.27. The number of carbonyl (C=O) groups excluding carboxylic acids is 1. The highest BCUT2D eigenvalue weighted by molar-refractivity contribution is 6.38. The zero-order chi connectivity index (χ0) is 25.6. The number of amides is 1. The highest BCUT2D eigenvalue weighted by Gasteiger charge is 2.91. The van der Waals surface area contributed by atoms with E-state index < -0.39 is 41.7 Å². The topological polar surface area (TPSA) is 41.5 Å². The minimum atomic E-state index is -8.11. The van der Waals surface area contributed by atoms with Crippen molar-refractivity contribution in [2.75, 3.05) is 0 Å². The summed E-state index contributed by atoms with van der Waals surface area (Å²) in [6, 6.07) is 3.51. The Balaban J connectivity index is 3.30. The van der Waals surface area contributed by atoms with E-state index in [0.717, 1.165) is 12.1 Å². The molecule has 0 heterocycles. The van der Waals surface area contributed by atoms with Gasteiger partial charge in [-0.05, 0) is 12.1 Å². The van der Waals surface area contributed by atoms with E-state index in [4.69, 9.17) is 23.2 Å². The van der Waals surface area contributed by atoms with Crippen LogP contribution in [-0.4, -0.2) is 47.9 Å². The van der Waals surface area contributed by atoms with Gasteiger partial charge in [0.15, 0.2) is 0 Å². The van der Waals surface area contributed by atoms with Gasteiger partial charge in [-0.15, -0.1) is 0 Å². The van der Waals surface area contributed by atoms with Gasteiger partial charge in [-0.25, -0.2) is 5.43 Å². The number of hydrogen-bond donors (Lipinski definition) is 1. The molecule has 3 nitrogen and oxygen atoms in total. The second-order valence-electron chi connectivity index (χ2n) is 5.70. The molecule has 1 rings (SSSR count). The third kappa shape index (κ3) is 4.30. The van der Waals surface area contributed by atoms with E-state index >= 15 is 0 Å². The number of carbonyl (C=O) groups is 1. The summed E-state index contributed by atoms with van der Waals surface area (Å²) in [7, 11) is 0. The van der Waals surface area contributed by atoms with Crippen LogP contribution in [0, 0.1) is 0 Å². The van der Waals surface area contributed by atoms with Crippen LogP contribution in [0.3, 0.4) is 0 Å². The van der Waals surface area contributed by atoms with Crippen molar-refractivity contribution in [2.45, 2.75) is 35.8 Å². The van der Waals surface area contributed by atoms with Crippen LogP contribution in [0.4, 0.5) is 57.1 Å². The van der Waals surface area contributed by atoms with Crippen molar-refractivity contribution < 1.29 is 61.9 Å². The average molecular weight is 535 g/mol. The van der Waals surface area contributed by atoms with Crippen molar-refractivity contribution in [3.05, 3.63) is 33.8 Å². The van der Waals surface area contributed by atoms with Crippen molar-refractivity contribution in [1.82, 2.24) is 5.43 Å². The minimum Gasteiger partial charge on any atom is -0.266 e. The van der Waals surface area contributed by atoms with E-state index in [1.54, 1.807) is 0 Å². The predicted molar refractivity (Wildman–Crippen MR) is 83.0 cm³/mol. The summed E-state index contributed by atoms with van der Waals surface area (Å²) >= 11 is 11.2. The molecule has 0 aromatic heterocycles. The van der Waals surface area contributed by atoms with Crippen LogP contribution in [-0.2, 0) is 4.79 Å². The molecule has 0 fully saturated rings. The summed E-state index contributed by atoms with van der Waals surface area (Å²) in [5.74, 6) is -42.4. The Bertz CT molecular complexity index is 879. The van der Waals surface area contributed by atoms with Crippen molar-refractivity contribution in [1.29, 1.82) is 0 Å². The molecule has 1 amide bonds. The molecular weight excluding hydrogens is 530 g/mol. The monoisotopic (exact) mass is 534 g/mol. The van der Waals surface area contributed by atoms with Crippen LogP contribution >= 0.6 is 23.2 Å². The third-order valence-corrected chi connectivity index (χ3v) is 4.24. The summed E-state index contributed by atoms with van der Waals surface area (Å²) in [4.78, 5) is 11.2. The smallest absolute Gasteiger partial charge is 0.266 e. The fourth-order valence-electron chi connectivity index (χ4n) is 1.77. The number of halogens is 15. The highest BCUT2D eigenvalue weighted by Crippen LogP contribution is 2.60. The number of benzene rings is 1. The zero-order valence-corrected chi connectivity index (χ0v) is 15.8. The summed E-state index contributed by atoms with van der Waals surface area (Å²) in [6.45, 7) is 0. The van der Waals surface area contributed by atoms with Crippen LogP contribution < -0.4 is 5.43 Å². The number of nitrogens with zero attached hydrogens (tertiary/aromatic N) is 1. The zero-order valence-electron chi connectivity index (χ0n) is 14.3. The molecule has 0 aliphatic rings. The quantitative estimate of drug-likeness (QED) is 0.253. The molecule has 1 aromatic rings. The maximum absolute atomic E-state index is 13.6. The SMILES string of the molecule is O=C(N/N=C\c1c(Cl)cccc1Cl)C(F)(F)C(F)(F)C(F)(F)C(F)(F)C(F)(F)C(F)(F)F. The Labute approximate surface area is 178 Å². The van der Waals surface area contributed by atoms with E-state index in [0.29, 0.717) is 11.6 Å². The van der Waals surface area contributed by atoms with E-state index in [1.165, 1.54) is 6.07 Å². The van der Waals surface area contributed by atoms with Crippen LogP contribution in [0.5, 0.6) is 0 Å². The first kappa shape index (κ1) is 28.1. The first-order valence-electron chi connectivity index (χ1n) is 7.30. The molecule has 0 unspecified atom stereocenters. The highest BCUT2D eigenvalue weighted by atomic mass is 35.5. The second-order valence-corrected chi connectivity index (χ2v) is 6.52. The first-order chi connectivity index (χ1) is 14.1. The minimum absolute atomic E-state index is 0.256. The molecular formula is C14H5Cl2F13N2O. The molecule has 0 atom stereocenters. The second kappa shape index (κ2) is 8.43. The molecule has 1 N–H and O–H groups in total. The molecule has 0 spiro atoms. The Morgan fingerprint density at radius 3 is 1.56 bits per heavy atom. The summed E-state index contributed by atoms with van der Waals surface area (Å²) in [5, 5.41) is 2.10. The number of rotatable bonds is 7. The van der Waals surface area contributed by atoms with Crippen LogP contribution in [0.2, 0.25) is 10.0 Å².